The quantitative estimate of drug-likeness (QED) is 0.635. The van der Waals surface area contributed by atoms with E-state index in [1.54, 1.807) is 0 Å². The average Bonchev–Trinajstić information content (AvgIpc) is 2.78. The zero-order valence-corrected chi connectivity index (χ0v) is 17.8. The van der Waals surface area contributed by atoms with Crippen LogP contribution in [0.4, 0.5) is 0 Å². The van der Waals surface area contributed by atoms with E-state index in [1.165, 1.54) is 24.8 Å². The van der Waals surface area contributed by atoms with E-state index in [9.17, 15) is 4.79 Å². The first-order valence-electron chi connectivity index (χ1n) is 11.8. The molecule has 0 aromatic heterocycles. The van der Waals surface area contributed by atoms with E-state index >= 15 is 0 Å². The first-order valence-corrected chi connectivity index (χ1v) is 11.8. The summed E-state index contributed by atoms with van der Waals surface area (Å²) >= 11 is 0. The van der Waals surface area contributed by atoms with Crippen LogP contribution < -0.4 is 0 Å². The second-order valence-corrected chi connectivity index (χ2v) is 9.38. The maximum Gasteiger partial charge on any atom is 0.225 e. The molecule has 0 bridgehead atoms. The van der Waals surface area contributed by atoms with Crippen LogP contribution in [0.2, 0.25) is 0 Å². The Morgan fingerprint density at radius 1 is 1.07 bits per heavy atom. The Labute approximate surface area is 175 Å². The lowest BCUT2D eigenvalue weighted by molar-refractivity contribution is -0.151. The van der Waals surface area contributed by atoms with Crippen molar-refractivity contribution in [2.75, 3.05) is 26.3 Å². The fourth-order valence-electron chi connectivity index (χ4n) is 5.48. The molecule has 1 spiro atoms. The van der Waals surface area contributed by atoms with Crippen molar-refractivity contribution in [2.24, 2.45) is 11.8 Å². The zero-order chi connectivity index (χ0) is 19.9. The van der Waals surface area contributed by atoms with Crippen LogP contribution in [0.1, 0.15) is 69.8 Å². The van der Waals surface area contributed by atoms with Crippen LogP contribution in [0, 0.1) is 11.8 Å². The lowest BCUT2D eigenvalue weighted by atomic mass is 9.78. The molecule has 1 atom stereocenters. The van der Waals surface area contributed by atoms with Crippen molar-refractivity contribution in [1.29, 1.82) is 0 Å². The van der Waals surface area contributed by atoms with Gasteiger partial charge in [-0.1, -0.05) is 49.6 Å². The molecule has 1 aromatic rings. The van der Waals surface area contributed by atoms with Gasteiger partial charge in [-0.3, -0.25) is 4.79 Å². The van der Waals surface area contributed by atoms with Crippen LogP contribution in [0.3, 0.4) is 0 Å². The van der Waals surface area contributed by atoms with Gasteiger partial charge in [0.2, 0.25) is 5.91 Å². The van der Waals surface area contributed by atoms with Gasteiger partial charge in [0, 0.05) is 32.2 Å². The summed E-state index contributed by atoms with van der Waals surface area (Å²) in [4.78, 5) is 15.0. The molecule has 0 radical (unpaired) electrons. The monoisotopic (exact) mass is 399 g/mol. The van der Waals surface area contributed by atoms with E-state index in [2.05, 4.69) is 29.2 Å². The highest BCUT2D eigenvalue weighted by Crippen LogP contribution is 2.39. The van der Waals surface area contributed by atoms with Crippen molar-refractivity contribution < 1.29 is 14.3 Å². The molecule has 2 saturated heterocycles. The Balaban J connectivity index is 1.19. The number of ether oxygens (including phenoxy) is 2. The number of piperidine rings is 1. The largest absolute Gasteiger partial charge is 0.377 e. The van der Waals surface area contributed by atoms with Crippen molar-refractivity contribution >= 4 is 5.91 Å². The Kier molecular flexibility index (Phi) is 7.25. The standard InChI is InChI=1S/C25H37NO3/c27-24(23-9-5-2-6-10-23)26-15-13-25(14-16-26)19-21(12-18-29-25)11-17-28-20-22-7-3-1-4-8-22/h1,3-4,7-8,21,23H,2,5-6,9-20H2. The number of nitrogens with zero attached hydrogens (tertiary/aromatic N) is 1. The number of likely N-dealkylation sites (tertiary alicyclic amines) is 1. The molecule has 3 aliphatic rings. The molecule has 0 N–H and O–H groups in total. The van der Waals surface area contributed by atoms with Crippen LogP contribution in [-0.4, -0.2) is 42.7 Å². The van der Waals surface area contributed by atoms with Crippen molar-refractivity contribution in [2.45, 2.75) is 76.4 Å². The van der Waals surface area contributed by atoms with Crippen molar-refractivity contribution in [3.05, 3.63) is 35.9 Å². The minimum atomic E-state index is 0.00565. The third-order valence-corrected chi connectivity index (χ3v) is 7.32. The number of benzene rings is 1. The average molecular weight is 400 g/mol. The summed E-state index contributed by atoms with van der Waals surface area (Å²) in [6.45, 7) is 4.15. The van der Waals surface area contributed by atoms with Gasteiger partial charge in [-0.15, -0.1) is 0 Å². The first kappa shape index (κ1) is 20.9. The summed E-state index contributed by atoms with van der Waals surface area (Å²) in [5, 5.41) is 0. The maximum atomic E-state index is 12.8. The smallest absolute Gasteiger partial charge is 0.225 e. The van der Waals surface area contributed by atoms with Gasteiger partial charge >= 0.3 is 0 Å². The molecule has 29 heavy (non-hydrogen) atoms. The van der Waals surface area contributed by atoms with Gasteiger partial charge in [-0.05, 0) is 56.4 Å². The second-order valence-electron chi connectivity index (χ2n) is 9.38. The van der Waals surface area contributed by atoms with Crippen LogP contribution >= 0.6 is 0 Å². The second kappa shape index (κ2) is 10.1. The summed E-state index contributed by atoms with van der Waals surface area (Å²) in [6.07, 6.45) is 11.4. The van der Waals surface area contributed by atoms with Gasteiger partial charge < -0.3 is 14.4 Å². The van der Waals surface area contributed by atoms with E-state index in [-0.39, 0.29) is 5.60 Å². The Morgan fingerprint density at radius 2 is 1.83 bits per heavy atom. The molecule has 3 fully saturated rings. The predicted molar refractivity (Wildman–Crippen MR) is 115 cm³/mol. The lowest BCUT2D eigenvalue weighted by Crippen LogP contribution is -2.52. The van der Waals surface area contributed by atoms with Crippen LogP contribution in [0.25, 0.3) is 0 Å². The summed E-state index contributed by atoms with van der Waals surface area (Å²) in [6, 6.07) is 10.4. The number of carbonyl (C=O) groups excluding carboxylic acids is 1. The summed E-state index contributed by atoms with van der Waals surface area (Å²) < 4.78 is 12.2. The highest BCUT2D eigenvalue weighted by Gasteiger charge is 2.41. The summed E-state index contributed by atoms with van der Waals surface area (Å²) in [5.41, 5.74) is 1.25. The molecular formula is C25H37NO3. The van der Waals surface area contributed by atoms with Crippen molar-refractivity contribution in [3.63, 3.8) is 0 Å². The zero-order valence-electron chi connectivity index (χ0n) is 17.8. The maximum absolute atomic E-state index is 12.8. The van der Waals surface area contributed by atoms with Gasteiger partial charge in [0.25, 0.3) is 0 Å². The van der Waals surface area contributed by atoms with E-state index < -0.39 is 0 Å². The molecule has 1 aromatic carbocycles. The molecule has 2 aliphatic heterocycles. The minimum Gasteiger partial charge on any atom is -0.377 e. The van der Waals surface area contributed by atoms with Crippen LogP contribution in [-0.2, 0) is 20.9 Å². The molecule has 160 valence electrons. The van der Waals surface area contributed by atoms with Gasteiger partial charge in [0.1, 0.15) is 0 Å². The third kappa shape index (κ3) is 5.61. The molecule has 1 amide bonds. The summed E-state index contributed by atoms with van der Waals surface area (Å²) in [7, 11) is 0. The number of hydrogen-bond donors (Lipinski definition) is 0. The summed E-state index contributed by atoms with van der Waals surface area (Å²) in [5.74, 6) is 1.39. The van der Waals surface area contributed by atoms with Gasteiger partial charge in [-0.25, -0.2) is 0 Å². The van der Waals surface area contributed by atoms with E-state index in [1.807, 2.05) is 6.07 Å². The molecule has 1 unspecified atom stereocenters. The van der Waals surface area contributed by atoms with Crippen molar-refractivity contribution in [1.82, 2.24) is 4.90 Å². The fourth-order valence-corrected chi connectivity index (χ4v) is 5.48. The Bertz CT molecular complexity index is 633. The molecule has 1 saturated carbocycles. The van der Waals surface area contributed by atoms with Gasteiger partial charge in [-0.2, -0.15) is 0 Å². The number of amides is 1. The lowest BCUT2D eigenvalue weighted by Gasteiger charge is -2.47. The van der Waals surface area contributed by atoms with E-state index in [4.69, 9.17) is 9.47 Å². The molecule has 2 heterocycles. The molecule has 1 aliphatic carbocycles. The molecular weight excluding hydrogens is 362 g/mol. The highest BCUT2D eigenvalue weighted by molar-refractivity contribution is 5.79. The van der Waals surface area contributed by atoms with Gasteiger partial charge in [0.05, 0.1) is 12.2 Å². The van der Waals surface area contributed by atoms with Crippen LogP contribution in [0.15, 0.2) is 30.3 Å². The number of hydrogen-bond acceptors (Lipinski definition) is 3. The third-order valence-electron chi connectivity index (χ3n) is 7.32. The Morgan fingerprint density at radius 3 is 2.59 bits per heavy atom. The topological polar surface area (TPSA) is 38.8 Å². The normalized spacial score (nSPS) is 25.2. The SMILES string of the molecule is O=C(C1CCCCC1)N1CCC2(CC1)CC(CCOCc1ccccc1)CCO2. The molecule has 4 heteroatoms. The first-order chi connectivity index (χ1) is 14.2. The van der Waals surface area contributed by atoms with E-state index in [0.717, 1.165) is 71.2 Å². The Hall–Kier alpha value is -1.39. The van der Waals surface area contributed by atoms with Gasteiger partial charge in [0.15, 0.2) is 0 Å². The van der Waals surface area contributed by atoms with E-state index in [0.29, 0.717) is 24.3 Å². The van der Waals surface area contributed by atoms with Crippen LogP contribution in [0.5, 0.6) is 0 Å². The predicted octanol–water partition coefficient (Wildman–Crippen LogP) is 4.96. The molecule has 4 nitrogen and oxygen atoms in total. The molecule has 4 rings (SSSR count). The number of carbonyl (C=O) groups is 1. The number of rotatable bonds is 6. The minimum absolute atomic E-state index is 0.00565. The van der Waals surface area contributed by atoms with Crippen molar-refractivity contribution in [3.8, 4) is 0 Å². The fraction of sp³-hybridized carbons (Fsp3) is 0.720. The highest BCUT2D eigenvalue weighted by atomic mass is 16.5.